The molecule has 2 aromatic rings. The zero-order valence-corrected chi connectivity index (χ0v) is 17.2. The Morgan fingerprint density at radius 1 is 1.10 bits per heavy atom. The van der Waals surface area contributed by atoms with Crippen LogP contribution in [0.5, 0.6) is 0 Å². The largest absolute Gasteiger partial charge is 0.351 e. The molecule has 7 heteroatoms. The Bertz CT molecular complexity index is 989. The van der Waals surface area contributed by atoms with Crippen molar-refractivity contribution in [2.45, 2.75) is 57.4 Å². The molecule has 7 nitrogen and oxygen atoms in total. The molecule has 1 N–H and O–H groups in total. The first-order valence-corrected chi connectivity index (χ1v) is 10.6. The summed E-state index contributed by atoms with van der Waals surface area (Å²) in [6.45, 7) is 3.37. The van der Waals surface area contributed by atoms with Crippen LogP contribution in [0, 0.1) is 18.8 Å². The van der Waals surface area contributed by atoms with Crippen molar-refractivity contribution < 1.29 is 14.1 Å². The van der Waals surface area contributed by atoms with E-state index in [0.29, 0.717) is 16.8 Å². The van der Waals surface area contributed by atoms with E-state index in [9.17, 15) is 9.59 Å². The van der Waals surface area contributed by atoms with Crippen molar-refractivity contribution >= 4 is 11.8 Å². The number of rotatable bonds is 3. The average Bonchev–Trinajstić information content (AvgIpc) is 3.45. The summed E-state index contributed by atoms with van der Waals surface area (Å²) < 4.78 is 5.10. The van der Waals surface area contributed by atoms with Crippen LogP contribution in [-0.4, -0.2) is 45.5 Å². The van der Waals surface area contributed by atoms with Crippen molar-refractivity contribution in [2.75, 3.05) is 13.1 Å². The van der Waals surface area contributed by atoms with Crippen molar-refractivity contribution in [3.8, 4) is 11.8 Å². The van der Waals surface area contributed by atoms with Gasteiger partial charge in [0, 0.05) is 37.1 Å². The fourth-order valence-electron chi connectivity index (χ4n) is 4.11. The number of carbonyl (C=O) groups is 2. The molecular formula is C23H26N4O3. The van der Waals surface area contributed by atoms with Crippen molar-refractivity contribution in [1.29, 1.82) is 0 Å². The summed E-state index contributed by atoms with van der Waals surface area (Å²) in [6, 6.07) is 3.41. The van der Waals surface area contributed by atoms with E-state index in [1.54, 1.807) is 31.5 Å². The second-order valence-electron chi connectivity index (χ2n) is 8.14. The molecule has 0 unspecified atom stereocenters. The van der Waals surface area contributed by atoms with E-state index in [-0.39, 0.29) is 17.6 Å². The van der Waals surface area contributed by atoms with E-state index in [2.05, 4.69) is 27.3 Å². The standard InChI is InChI=1S/C23H26N4O3/c1-17-13-20(30-26-17)21(28)25-23(8-3-2-4-9-23)10-7-18-14-19(16-24-15-18)22(29)27-11-5-6-12-27/h13-16H,2-6,8-9,11-12H2,1H3,(H,25,28). The van der Waals surface area contributed by atoms with Gasteiger partial charge in [0.2, 0.25) is 5.76 Å². The summed E-state index contributed by atoms with van der Waals surface area (Å²) in [5, 5.41) is 6.86. The molecule has 0 aromatic carbocycles. The highest BCUT2D eigenvalue weighted by Gasteiger charge is 2.33. The van der Waals surface area contributed by atoms with Crippen molar-refractivity contribution in [3.05, 3.63) is 47.1 Å². The molecular weight excluding hydrogens is 380 g/mol. The predicted molar refractivity (Wildman–Crippen MR) is 111 cm³/mol. The number of aryl methyl sites for hydroxylation is 1. The fraction of sp³-hybridized carbons (Fsp3) is 0.478. The molecule has 0 radical (unpaired) electrons. The van der Waals surface area contributed by atoms with Gasteiger partial charge in [-0.1, -0.05) is 36.3 Å². The average molecular weight is 406 g/mol. The molecule has 3 heterocycles. The van der Waals surface area contributed by atoms with E-state index in [1.807, 2.05) is 4.90 Å². The van der Waals surface area contributed by atoms with Gasteiger partial charge in [0.15, 0.2) is 0 Å². The molecule has 1 saturated heterocycles. The van der Waals surface area contributed by atoms with E-state index < -0.39 is 5.54 Å². The first-order chi connectivity index (χ1) is 14.5. The van der Waals surface area contributed by atoms with Crippen molar-refractivity contribution in [3.63, 3.8) is 0 Å². The number of pyridine rings is 1. The van der Waals surface area contributed by atoms with Crippen LogP contribution >= 0.6 is 0 Å². The van der Waals surface area contributed by atoms with Gasteiger partial charge in [-0.3, -0.25) is 14.6 Å². The lowest BCUT2D eigenvalue weighted by Crippen LogP contribution is -2.48. The second-order valence-corrected chi connectivity index (χ2v) is 8.14. The normalized spacial score (nSPS) is 17.8. The van der Waals surface area contributed by atoms with Gasteiger partial charge in [0.25, 0.3) is 11.8 Å². The quantitative estimate of drug-likeness (QED) is 0.792. The Hall–Kier alpha value is -3.14. The molecule has 4 rings (SSSR count). The number of carbonyl (C=O) groups excluding carboxylic acids is 2. The van der Waals surface area contributed by atoms with Crippen LogP contribution in [0.2, 0.25) is 0 Å². The van der Waals surface area contributed by atoms with Gasteiger partial charge in [0.05, 0.1) is 11.3 Å². The zero-order valence-electron chi connectivity index (χ0n) is 17.2. The number of hydrogen-bond acceptors (Lipinski definition) is 5. The van der Waals surface area contributed by atoms with Gasteiger partial charge in [-0.05, 0) is 38.7 Å². The molecule has 2 aliphatic rings. The summed E-state index contributed by atoms with van der Waals surface area (Å²) in [7, 11) is 0. The highest BCUT2D eigenvalue weighted by molar-refractivity contribution is 5.94. The van der Waals surface area contributed by atoms with Gasteiger partial charge in [-0.2, -0.15) is 0 Å². The van der Waals surface area contributed by atoms with Crippen LogP contribution in [0.15, 0.2) is 29.0 Å². The number of likely N-dealkylation sites (tertiary alicyclic amines) is 1. The predicted octanol–water partition coefficient (Wildman–Crippen LogP) is 3.10. The maximum atomic E-state index is 12.7. The van der Waals surface area contributed by atoms with E-state index in [4.69, 9.17) is 4.52 Å². The highest BCUT2D eigenvalue weighted by atomic mass is 16.5. The van der Waals surface area contributed by atoms with Crippen LogP contribution in [0.1, 0.15) is 77.1 Å². The highest BCUT2D eigenvalue weighted by Crippen LogP contribution is 2.28. The number of amides is 2. The first-order valence-electron chi connectivity index (χ1n) is 10.6. The minimum absolute atomic E-state index is 0.00465. The molecule has 2 aromatic heterocycles. The summed E-state index contributed by atoms with van der Waals surface area (Å²) in [5.74, 6) is 6.34. The third kappa shape index (κ3) is 4.54. The Kier molecular flexibility index (Phi) is 5.84. The van der Waals surface area contributed by atoms with Gasteiger partial charge >= 0.3 is 0 Å². The lowest BCUT2D eigenvalue weighted by molar-refractivity contribution is 0.0791. The molecule has 1 aliphatic carbocycles. The molecule has 0 atom stereocenters. The Labute approximate surface area is 176 Å². The van der Waals surface area contributed by atoms with Gasteiger partial charge in [-0.15, -0.1) is 0 Å². The van der Waals surface area contributed by atoms with E-state index >= 15 is 0 Å². The molecule has 0 spiro atoms. The number of nitrogens with one attached hydrogen (secondary N) is 1. The number of aromatic nitrogens is 2. The zero-order chi connectivity index (χ0) is 21.0. The molecule has 156 valence electrons. The molecule has 1 aliphatic heterocycles. The molecule has 1 saturated carbocycles. The fourth-order valence-corrected chi connectivity index (χ4v) is 4.11. The smallest absolute Gasteiger partial charge is 0.291 e. The summed E-state index contributed by atoms with van der Waals surface area (Å²) in [6.07, 6.45) is 10.0. The lowest BCUT2D eigenvalue weighted by atomic mass is 9.82. The summed E-state index contributed by atoms with van der Waals surface area (Å²) >= 11 is 0. The minimum atomic E-state index is -0.620. The van der Waals surface area contributed by atoms with Crippen LogP contribution in [0.4, 0.5) is 0 Å². The molecule has 30 heavy (non-hydrogen) atoms. The monoisotopic (exact) mass is 406 g/mol. The van der Waals surface area contributed by atoms with Gasteiger partial charge < -0.3 is 14.7 Å². The Morgan fingerprint density at radius 2 is 1.87 bits per heavy atom. The Morgan fingerprint density at radius 3 is 2.57 bits per heavy atom. The van der Waals surface area contributed by atoms with Crippen molar-refractivity contribution in [1.82, 2.24) is 20.4 Å². The van der Waals surface area contributed by atoms with E-state index in [0.717, 1.165) is 58.0 Å². The molecule has 2 fully saturated rings. The third-order valence-electron chi connectivity index (χ3n) is 5.74. The Balaban J connectivity index is 1.55. The topological polar surface area (TPSA) is 88.3 Å². The summed E-state index contributed by atoms with van der Waals surface area (Å²) in [4.78, 5) is 31.4. The second kappa shape index (κ2) is 8.70. The van der Waals surface area contributed by atoms with Crippen molar-refractivity contribution in [2.24, 2.45) is 0 Å². The number of hydrogen-bond donors (Lipinski definition) is 1. The van der Waals surface area contributed by atoms with Crippen LogP contribution < -0.4 is 5.32 Å². The first kappa shape index (κ1) is 20.1. The molecule has 0 bridgehead atoms. The summed E-state index contributed by atoms with van der Waals surface area (Å²) in [5.41, 5.74) is 1.28. The SMILES string of the molecule is Cc1cc(C(=O)NC2(C#Cc3cncc(C(=O)N4CCCC4)c3)CCCCC2)on1. The van der Waals surface area contributed by atoms with Gasteiger partial charge in [-0.25, -0.2) is 0 Å². The molecule has 2 amide bonds. The maximum Gasteiger partial charge on any atom is 0.291 e. The van der Waals surface area contributed by atoms with E-state index in [1.165, 1.54) is 0 Å². The van der Waals surface area contributed by atoms with Gasteiger partial charge in [0.1, 0.15) is 5.54 Å². The van der Waals surface area contributed by atoms with Crippen LogP contribution in [0.25, 0.3) is 0 Å². The van der Waals surface area contributed by atoms with Crippen LogP contribution in [0.3, 0.4) is 0 Å². The number of nitrogens with zero attached hydrogens (tertiary/aromatic N) is 3. The lowest BCUT2D eigenvalue weighted by Gasteiger charge is -2.33. The third-order valence-corrected chi connectivity index (χ3v) is 5.74. The maximum absolute atomic E-state index is 12.7. The van der Waals surface area contributed by atoms with Crippen LogP contribution in [-0.2, 0) is 0 Å². The minimum Gasteiger partial charge on any atom is -0.351 e.